The maximum absolute atomic E-state index is 7.12. The van der Waals surface area contributed by atoms with Gasteiger partial charge in [-0.3, -0.25) is 0 Å². The number of ether oxygens (including phenoxy) is 1. The third-order valence-corrected chi connectivity index (χ3v) is 14.1. The highest BCUT2D eigenvalue weighted by atomic mass is 16.5. The Labute approximate surface area is 379 Å². The van der Waals surface area contributed by atoms with E-state index < -0.39 is 0 Å². The number of hydrogen-bond donors (Lipinski definition) is 0. The quantitative estimate of drug-likeness (QED) is 0.165. The Hall–Kier alpha value is -8.74. The Morgan fingerprint density at radius 3 is 1.48 bits per heavy atom. The van der Waals surface area contributed by atoms with Crippen LogP contribution in [0.1, 0.15) is 0 Å². The number of nitrogens with zero attached hydrogens (tertiary/aromatic N) is 3. The summed E-state index contributed by atoms with van der Waals surface area (Å²) in [4.78, 5) is 0. The van der Waals surface area contributed by atoms with Crippen molar-refractivity contribution in [2.75, 3.05) is 0 Å². The van der Waals surface area contributed by atoms with E-state index in [4.69, 9.17) is 9.39 Å². The predicted molar refractivity (Wildman–Crippen MR) is 272 cm³/mol. The van der Waals surface area contributed by atoms with E-state index >= 15 is 0 Å². The maximum Gasteiger partial charge on any atom is 0.434 e. The van der Waals surface area contributed by atoms with Crippen molar-refractivity contribution in [2.45, 2.75) is 0 Å². The third kappa shape index (κ3) is 4.85. The molecule has 0 unspecified atom stereocenters. The molecule has 0 aliphatic carbocycles. The molecule has 13 aromatic rings. The number of rotatable bonds is 4. The first-order valence-electron chi connectivity index (χ1n) is 22.6. The lowest BCUT2D eigenvalue weighted by Crippen LogP contribution is -2.53. The summed E-state index contributed by atoms with van der Waals surface area (Å²) >= 11 is 0. The number of aromatic nitrogens is 3. The lowest BCUT2D eigenvalue weighted by molar-refractivity contribution is 0.479. The molecule has 0 amide bonds. The Balaban J connectivity index is 0.945. The third-order valence-electron chi connectivity index (χ3n) is 14.1. The van der Waals surface area contributed by atoms with Gasteiger partial charge in [-0.2, -0.15) is 0 Å². The zero-order valence-corrected chi connectivity index (χ0v) is 35.5. The second-order valence-electron chi connectivity index (χ2n) is 17.5. The van der Waals surface area contributed by atoms with E-state index in [1.807, 2.05) is 0 Å². The molecule has 5 nitrogen and oxygen atoms in total. The molecule has 0 N–H and O–H groups in total. The first-order chi connectivity index (χ1) is 32.8. The lowest BCUT2D eigenvalue weighted by Gasteiger charge is -2.33. The van der Waals surface area contributed by atoms with Gasteiger partial charge >= 0.3 is 6.92 Å². The molecule has 306 valence electrons. The zero-order valence-electron chi connectivity index (χ0n) is 35.5. The molecule has 0 atom stereocenters. The number of fused-ring (bicyclic) bond motifs is 13. The van der Waals surface area contributed by atoms with E-state index in [2.05, 4.69) is 232 Å². The van der Waals surface area contributed by atoms with Crippen LogP contribution in [0, 0.1) is 0 Å². The normalized spacial score (nSPS) is 12.8. The average Bonchev–Trinajstić information content (AvgIpc) is 4.02. The van der Waals surface area contributed by atoms with E-state index in [-0.39, 0.29) is 6.92 Å². The van der Waals surface area contributed by atoms with Gasteiger partial charge in [-0.15, -0.1) is 0 Å². The van der Waals surface area contributed by atoms with Gasteiger partial charge in [0.05, 0.1) is 50.2 Å². The first-order valence-corrected chi connectivity index (χ1v) is 22.6. The van der Waals surface area contributed by atoms with Crippen LogP contribution < -0.4 is 20.3 Å². The fourth-order valence-corrected chi connectivity index (χ4v) is 11.4. The number of benzene rings is 10. The highest BCUT2D eigenvalue weighted by Crippen LogP contribution is 2.45. The van der Waals surface area contributed by atoms with Crippen molar-refractivity contribution < 1.29 is 9.39 Å². The van der Waals surface area contributed by atoms with Crippen LogP contribution in [0.4, 0.5) is 0 Å². The summed E-state index contributed by atoms with van der Waals surface area (Å²) in [6.45, 7) is -0.380. The van der Waals surface area contributed by atoms with Gasteiger partial charge in [0.25, 0.3) is 0 Å². The van der Waals surface area contributed by atoms with Crippen molar-refractivity contribution in [1.29, 1.82) is 0 Å². The average molecular weight is 842 g/mol. The SMILES string of the molecule is c1ccc2c(c1)OB1c3cc(-c4ccccc4-n4c5ccccc5c5ccccc54)ccc3Oc3cc(-n4c5ccccc5c5cccc(-n6c7ccccc7c7ccccc76)c54)cc-2c31. The maximum atomic E-state index is 7.12. The van der Waals surface area contributed by atoms with E-state index in [1.54, 1.807) is 0 Å². The topological polar surface area (TPSA) is 33.2 Å². The Morgan fingerprint density at radius 1 is 0.333 bits per heavy atom. The van der Waals surface area contributed by atoms with Gasteiger partial charge in [-0.1, -0.05) is 152 Å². The van der Waals surface area contributed by atoms with E-state index in [9.17, 15) is 0 Å². The molecule has 0 radical (unpaired) electrons. The summed E-state index contributed by atoms with van der Waals surface area (Å²) in [6, 6.07) is 78.7. The summed E-state index contributed by atoms with van der Waals surface area (Å²) in [5.74, 6) is 2.45. The van der Waals surface area contributed by atoms with Gasteiger partial charge in [-0.05, 0) is 71.8 Å². The van der Waals surface area contributed by atoms with Crippen LogP contribution in [0.2, 0.25) is 0 Å². The van der Waals surface area contributed by atoms with Crippen LogP contribution >= 0.6 is 0 Å². The fourth-order valence-electron chi connectivity index (χ4n) is 11.4. The van der Waals surface area contributed by atoms with Gasteiger partial charge in [-0.25, -0.2) is 0 Å². The van der Waals surface area contributed by atoms with Crippen LogP contribution in [-0.2, 0) is 0 Å². The molecule has 0 saturated carbocycles. The van der Waals surface area contributed by atoms with E-state index in [0.717, 1.165) is 78.5 Å². The van der Waals surface area contributed by atoms with Crippen LogP contribution in [0.3, 0.4) is 0 Å². The van der Waals surface area contributed by atoms with Gasteiger partial charge in [0.1, 0.15) is 17.2 Å². The summed E-state index contributed by atoms with van der Waals surface area (Å²) < 4.78 is 21.5. The molecule has 10 aromatic carbocycles. The van der Waals surface area contributed by atoms with Crippen LogP contribution in [0.5, 0.6) is 17.2 Å². The van der Waals surface area contributed by atoms with Crippen molar-refractivity contribution in [1.82, 2.24) is 13.7 Å². The second-order valence-corrected chi connectivity index (χ2v) is 17.5. The largest absolute Gasteiger partial charge is 0.551 e. The van der Waals surface area contributed by atoms with Crippen LogP contribution in [0.15, 0.2) is 218 Å². The highest BCUT2D eigenvalue weighted by Gasteiger charge is 2.41. The zero-order chi connectivity index (χ0) is 43.0. The highest BCUT2D eigenvalue weighted by molar-refractivity contribution is 6.84. The van der Waals surface area contributed by atoms with Crippen molar-refractivity contribution in [3.63, 3.8) is 0 Å². The summed E-state index contributed by atoms with van der Waals surface area (Å²) in [5, 5.41) is 7.34. The molecular weight excluding hydrogens is 805 g/mol. The molecule has 0 spiro atoms. The molecule has 5 heterocycles. The molecule has 0 fully saturated rings. The van der Waals surface area contributed by atoms with E-state index in [0.29, 0.717) is 0 Å². The van der Waals surface area contributed by atoms with Crippen molar-refractivity contribution in [2.24, 2.45) is 0 Å². The summed E-state index contributed by atoms with van der Waals surface area (Å²) in [5.41, 5.74) is 16.7. The molecule has 66 heavy (non-hydrogen) atoms. The first kappa shape index (κ1) is 35.7. The van der Waals surface area contributed by atoms with Crippen molar-refractivity contribution in [3.8, 4) is 56.6 Å². The smallest absolute Gasteiger partial charge is 0.434 e. The molecule has 15 rings (SSSR count). The summed E-state index contributed by atoms with van der Waals surface area (Å²) in [6.07, 6.45) is 0. The van der Waals surface area contributed by atoms with Gasteiger partial charge in [0.2, 0.25) is 0 Å². The molecule has 2 aliphatic heterocycles. The monoisotopic (exact) mass is 841 g/mol. The standard InChI is InChI=1S/C60H36BN3O2/c1-8-24-49(63-51-26-10-2-17-40(51)41-18-3-11-27-52(41)63)39(16-1)37-32-33-57-48(34-37)61-59-47(45-22-7-14-31-56(45)66-61)35-38(36-58(59)65-57)62-50-25-9-6-21-44(50)46-23-15-30-55(60(46)62)64-53-28-12-4-19-42(53)43-20-5-13-29-54(43)64/h1-36H. The Morgan fingerprint density at radius 2 is 0.833 bits per heavy atom. The van der Waals surface area contributed by atoms with Crippen molar-refractivity contribution in [3.05, 3.63) is 218 Å². The van der Waals surface area contributed by atoms with E-state index in [1.165, 1.54) is 54.4 Å². The van der Waals surface area contributed by atoms with Crippen LogP contribution in [-0.4, -0.2) is 20.6 Å². The Kier molecular flexibility index (Phi) is 7.24. The fraction of sp³-hybridized carbons (Fsp3) is 0. The van der Waals surface area contributed by atoms with Gasteiger partial charge in [0, 0.05) is 60.4 Å². The summed E-state index contributed by atoms with van der Waals surface area (Å²) in [7, 11) is 0. The van der Waals surface area contributed by atoms with Gasteiger partial charge in [0.15, 0.2) is 0 Å². The molecule has 0 saturated heterocycles. The van der Waals surface area contributed by atoms with Crippen LogP contribution in [0.25, 0.3) is 105 Å². The molecule has 3 aromatic heterocycles. The van der Waals surface area contributed by atoms with Gasteiger partial charge < -0.3 is 23.1 Å². The molecule has 6 heteroatoms. The Bertz CT molecular complexity index is 4100. The minimum atomic E-state index is -0.380. The lowest BCUT2D eigenvalue weighted by atomic mass is 9.50. The molecule has 2 aliphatic rings. The second kappa shape index (κ2) is 13.4. The number of hydrogen-bond acceptors (Lipinski definition) is 2. The molecule has 0 bridgehead atoms. The predicted octanol–water partition coefficient (Wildman–Crippen LogP) is 13.9. The minimum Gasteiger partial charge on any atom is -0.551 e. The minimum absolute atomic E-state index is 0.380. The number of para-hydroxylation sites is 8. The molecular formula is C60H36BN3O2. The van der Waals surface area contributed by atoms with Crippen molar-refractivity contribution >= 4 is 83.3 Å².